The van der Waals surface area contributed by atoms with Gasteiger partial charge in [-0.3, -0.25) is 9.59 Å². The maximum Gasteiger partial charge on any atom is 0.319 e. The van der Waals surface area contributed by atoms with Gasteiger partial charge in [-0.05, 0) is 72.1 Å². The number of benzene rings is 2. The van der Waals surface area contributed by atoms with Crippen LogP contribution in [0.25, 0.3) is 0 Å². The highest BCUT2D eigenvalue weighted by atomic mass is 79.9. The molecular formula is C23H25Br2FN4O4. The highest BCUT2D eigenvalue weighted by molar-refractivity contribution is 9.11. The molecule has 1 aliphatic rings. The fraction of sp³-hybridized carbons (Fsp3) is 0.348. The van der Waals surface area contributed by atoms with E-state index in [0.717, 1.165) is 0 Å². The Morgan fingerprint density at radius 3 is 2.32 bits per heavy atom. The van der Waals surface area contributed by atoms with Crippen LogP contribution in [-0.2, 0) is 9.59 Å². The van der Waals surface area contributed by atoms with Crippen molar-refractivity contribution in [2.45, 2.75) is 25.8 Å². The number of carbonyl (C=O) groups is 3. The second-order valence-corrected chi connectivity index (χ2v) is 9.65. The van der Waals surface area contributed by atoms with E-state index >= 15 is 0 Å². The smallest absolute Gasteiger partial charge is 0.319 e. The summed E-state index contributed by atoms with van der Waals surface area (Å²) in [7, 11) is 1.58. The molecular weight excluding hydrogens is 575 g/mol. The molecule has 11 heteroatoms. The Hall–Kier alpha value is -2.66. The Labute approximate surface area is 213 Å². The predicted molar refractivity (Wildman–Crippen MR) is 134 cm³/mol. The van der Waals surface area contributed by atoms with Crippen LogP contribution in [0.1, 0.15) is 19.8 Å². The molecule has 34 heavy (non-hydrogen) atoms. The number of ether oxygens (including phenoxy) is 1. The monoisotopic (exact) mass is 598 g/mol. The van der Waals surface area contributed by atoms with Crippen LogP contribution in [0.15, 0.2) is 45.3 Å². The first kappa shape index (κ1) is 26.0. The minimum atomic E-state index is -0.818. The summed E-state index contributed by atoms with van der Waals surface area (Å²) in [6.45, 7) is 2.37. The number of carbonyl (C=O) groups excluding carboxylic acids is 3. The maximum atomic E-state index is 14.1. The zero-order valence-corrected chi connectivity index (χ0v) is 21.8. The van der Waals surface area contributed by atoms with Crippen molar-refractivity contribution in [3.05, 3.63) is 51.2 Å². The van der Waals surface area contributed by atoms with Gasteiger partial charge in [0.25, 0.3) is 0 Å². The van der Waals surface area contributed by atoms with Gasteiger partial charge in [0, 0.05) is 33.6 Å². The van der Waals surface area contributed by atoms with Crippen molar-refractivity contribution < 1.29 is 23.5 Å². The molecule has 2 aromatic carbocycles. The largest absolute Gasteiger partial charge is 0.497 e. The van der Waals surface area contributed by atoms with Crippen LogP contribution in [0.4, 0.5) is 20.6 Å². The molecule has 0 saturated carbocycles. The van der Waals surface area contributed by atoms with Crippen molar-refractivity contribution in [3.8, 4) is 5.75 Å². The number of nitrogens with zero attached hydrogens (tertiary/aromatic N) is 1. The summed E-state index contributed by atoms with van der Waals surface area (Å²) >= 11 is 6.38. The number of likely N-dealkylation sites (tertiary alicyclic amines) is 1. The van der Waals surface area contributed by atoms with E-state index in [-0.39, 0.29) is 23.4 Å². The Morgan fingerprint density at radius 1 is 1.09 bits per heavy atom. The molecule has 0 spiro atoms. The molecule has 3 rings (SSSR count). The van der Waals surface area contributed by atoms with Gasteiger partial charge in [0.1, 0.15) is 17.6 Å². The minimum absolute atomic E-state index is 0.0240. The van der Waals surface area contributed by atoms with Gasteiger partial charge < -0.3 is 25.6 Å². The van der Waals surface area contributed by atoms with Crippen molar-refractivity contribution in [2.24, 2.45) is 5.92 Å². The van der Waals surface area contributed by atoms with Gasteiger partial charge in [-0.2, -0.15) is 0 Å². The van der Waals surface area contributed by atoms with Crippen molar-refractivity contribution in [1.29, 1.82) is 0 Å². The Bertz CT molecular complexity index is 1040. The lowest BCUT2D eigenvalue weighted by Gasteiger charge is -2.33. The lowest BCUT2D eigenvalue weighted by atomic mass is 9.95. The standard InChI is InChI=1S/C23H25Br2FN4O4/c1-13(27-23(33)29-20-18(25)11-15(24)12-19(20)26)22(32)30-9-7-14(8-10-30)21(31)28-16-3-5-17(34-2)6-4-16/h3-6,11-14H,7-10H2,1-2H3,(H,28,31)(H2,27,29,33)/t13-/m0/s1. The van der Waals surface area contributed by atoms with Gasteiger partial charge in [0.15, 0.2) is 0 Å². The summed E-state index contributed by atoms with van der Waals surface area (Å²) in [6, 6.07) is 8.39. The number of hydrogen-bond donors (Lipinski definition) is 3. The minimum Gasteiger partial charge on any atom is -0.497 e. The zero-order chi connectivity index (χ0) is 24.8. The highest BCUT2D eigenvalue weighted by Gasteiger charge is 2.30. The molecule has 2 aromatic rings. The average molecular weight is 600 g/mol. The molecule has 3 N–H and O–H groups in total. The van der Waals surface area contributed by atoms with E-state index < -0.39 is 17.9 Å². The molecule has 8 nitrogen and oxygen atoms in total. The van der Waals surface area contributed by atoms with Crippen molar-refractivity contribution in [1.82, 2.24) is 10.2 Å². The van der Waals surface area contributed by atoms with E-state index in [4.69, 9.17) is 4.74 Å². The van der Waals surface area contributed by atoms with Crippen LogP contribution >= 0.6 is 31.9 Å². The predicted octanol–water partition coefficient (Wildman–Crippen LogP) is 4.75. The summed E-state index contributed by atoms with van der Waals surface area (Å²) in [5.74, 6) is -0.485. The quantitative estimate of drug-likeness (QED) is 0.446. The third-order valence-corrected chi connectivity index (χ3v) is 6.58. The van der Waals surface area contributed by atoms with Gasteiger partial charge in [0.2, 0.25) is 11.8 Å². The number of rotatable bonds is 6. The Balaban J connectivity index is 1.47. The number of hydrogen-bond acceptors (Lipinski definition) is 4. The number of halogens is 3. The van der Waals surface area contributed by atoms with Crippen LogP contribution in [0.2, 0.25) is 0 Å². The lowest BCUT2D eigenvalue weighted by molar-refractivity contribution is -0.135. The molecule has 4 amide bonds. The van der Waals surface area contributed by atoms with Gasteiger partial charge in [0.05, 0.1) is 12.8 Å². The fourth-order valence-electron chi connectivity index (χ4n) is 3.62. The highest BCUT2D eigenvalue weighted by Crippen LogP contribution is 2.29. The summed E-state index contributed by atoms with van der Waals surface area (Å²) in [5.41, 5.74) is 0.658. The molecule has 0 aliphatic carbocycles. The number of nitrogens with one attached hydrogen (secondary N) is 3. The third-order valence-electron chi connectivity index (χ3n) is 5.50. The fourth-order valence-corrected chi connectivity index (χ4v) is 4.90. The average Bonchev–Trinajstić information content (AvgIpc) is 2.81. The van der Waals surface area contributed by atoms with Crippen LogP contribution in [-0.4, -0.2) is 49.0 Å². The normalized spacial score (nSPS) is 14.8. The van der Waals surface area contributed by atoms with Crippen LogP contribution in [0.3, 0.4) is 0 Å². The molecule has 1 fully saturated rings. The number of methoxy groups -OCH3 is 1. The molecule has 0 aromatic heterocycles. The van der Waals surface area contributed by atoms with E-state index in [0.29, 0.717) is 46.3 Å². The molecule has 1 aliphatic heterocycles. The third kappa shape index (κ3) is 6.69. The number of anilines is 2. The SMILES string of the molecule is COc1ccc(NC(=O)C2CCN(C(=O)[C@H](C)NC(=O)Nc3c(F)cc(Br)cc3Br)CC2)cc1. The first-order valence-electron chi connectivity index (χ1n) is 10.6. The van der Waals surface area contributed by atoms with Gasteiger partial charge in [-0.15, -0.1) is 0 Å². The second-order valence-electron chi connectivity index (χ2n) is 7.88. The first-order chi connectivity index (χ1) is 16.2. The van der Waals surface area contributed by atoms with E-state index in [9.17, 15) is 18.8 Å². The molecule has 1 atom stereocenters. The Kier molecular flexibility index (Phi) is 8.90. The van der Waals surface area contributed by atoms with Gasteiger partial charge in [-0.1, -0.05) is 15.9 Å². The number of piperidine rings is 1. The van der Waals surface area contributed by atoms with Gasteiger partial charge >= 0.3 is 6.03 Å². The molecule has 0 radical (unpaired) electrons. The lowest BCUT2D eigenvalue weighted by Crippen LogP contribution is -2.51. The molecule has 0 unspecified atom stereocenters. The maximum absolute atomic E-state index is 14.1. The summed E-state index contributed by atoms with van der Waals surface area (Å²) < 4.78 is 20.1. The van der Waals surface area contributed by atoms with E-state index in [2.05, 4.69) is 47.8 Å². The van der Waals surface area contributed by atoms with E-state index in [1.807, 2.05) is 0 Å². The zero-order valence-electron chi connectivity index (χ0n) is 18.7. The Morgan fingerprint density at radius 2 is 1.74 bits per heavy atom. The van der Waals surface area contributed by atoms with E-state index in [1.54, 1.807) is 49.3 Å². The van der Waals surface area contributed by atoms with Crippen molar-refractivity contribution in [3.63, 3.8) is 0 Å². The van der Waals surface area contributed by atoms with Crippen molar-refractivity contribution in [2.75, 3.05) is 30.8 Å². The first-order valence-corrected chi connectivity index (χ1v) is 12.2. The van der Waals surface area contributed by atoms with Crippen LogP contribution in [0.5, 0.6) is 5.75 Å². The van der Waals surface area contributed by atoms with Crippen molar-refractivity contribution >= 4 is 61.1 Å². The summed E-state index contributed by atoms with van der Waals surface area (Å²) in [6.07, 6.45) is 1.04. The van der Waals surface area contributed by atoms with Crippen LogP contribution < -0.4 is 20.7 Å². The summed E-state index contributed by atoms with van der Waals surface area (Å²) in [5, 5.41) is 7.85. The summed E-state index contributed by atoms with van der Waals surface area (Å²) in [4.78, 5) is 39.3. The topological polar surface area (TPSA) is 99.8 Å². The molecule has 182 valence electrons. The number of urea groups is 1. The van der Waals surface area contributed by atoms with Gasteiger partial charge in [-0.25, -0.2) is 9.18 Å². The van der Waals surface area contributed by atoms with Crippen LogP contribution in [0, 0.1) is 11.7 Å². The molecule has 0 bridgehead atoms. The number of amides is 4. The van der Waals surface area contributed by atoms with E-state index in [1.165, 1.54) is 6.07 Å². The molecule has 1 heterocycles. The second kappa shape index (κ2) is 11.7. The molecule has 1 saturated heterocycles.